The summed E-state index contributed by atoms with van der Waals surface area (Å²) in [6.45, 7) is 16.5. The van der Waals surface area contributed by atoms with Crippen LogP contribution in [0.3, 0.4) is 0 Å². The maximum atomic E-state index is 12.6. The Morgan fingerprint density at radius 2 is 1.32 bits per heavy atom. The standard InChI is InChI=1S/C30H47NO10/c1-10-19(6)13-27(32)36-16-20(7)37-28(33)24(31)14-23-11-12-25(40-29(34)38-21(8)17(2)3)26(15-23)41-30(35)39-22(9)18(4)5/h11-12,15,17-22,24H,10,13-14,16,31H2,1-9H3/t19?,20-,21?,22?,24-/m0/s1. The zero-order chi connectivity index (χ0) is 31.3. The summed E-state index contributed by atoms with van der Waals surface area (Å²) in [5, 5.41) is 0. The van der Waals surface area contributed by atoms with E-state index in [0.717, 1.165) is 6.42 Å². The molecule has 5 atom stereocenters. The molecule has 0 bridgehead atoms. The van der Waals surface area contributed by atoms with Crippen molar-refractivity contribution in [3.05, 3.63) is 23.8 Å². The van der Waals surface area contributed by atoms with Crippen LogP contribution in [-0.4, -0.2) is 55.2 Å². The number of rotatable bonds is 15. The molecule has 0 fully saturated rings. The molecule has 11 nitrogen and oxygen atoms in total. The first kappa shape index (κ1) is 35.7. The highest BCUT2D eigenvalue weighted by Gasteiger charge is 2.24. The predicted molar refractivity (Wildman–Crippen MR) is 152 cm³/mol. The number of ether oxygens (including phenoxy) is 6. The zero-order valence-electron chi connectivity index (χ0n) is 25.8. The van der Waals surface area contributed by atoms with Crippen LogP contribution in [-0.2, 0) is 35.0 Å². The molecule has 2 N–H and O–H groups in total. The minimum absolute atomic E-state index is 0.0161. The number of esters is 2. The van der Waals surface area contributed by atoms with Crippen LogP contribution in [0, 0.1) is 17.8 Å². The molecule has 11 heteroatoms. The second kappa shape index (κ2) is 17.5. The molecule has 0 heterocycles. The molecule has 41 heavy (non-hydrogen) atoms. The van der Waals surface area contributed by atoms with E-state index in [2.05, 4.69) is 0 Å². The lowest BCUT2D eigenvalue weighted by Crippen LogP contribution is -2.37. The van der Waals surface area contributed by atoms with Crippen molar-refractivity contribution in [3.8, 4) is 11.5 Å². The molecule has 0 saturated carbocycles. The third-order valence-electron chi connectivity index (χ3n) is 6.60. The summed E-state index contributed by atoms with van der Waals surface area (Å²) in [7, 11) is 0. The monoisotopic (exact) mass is 581 g/mol. The molecular weight excluding hydrogens is 534 g/mol. The van der Waals surface area contributed by atoms with E-state index in [4.69, 9.17) is 34.2 Å². The van der Waals surface area contributed by atoms with E-state index in [1.807, 2.05) is 41.5 Å². The van der Waals surface area contributed by atoms with Crippen LogP contribution in [0.4, 0.5) is 9.59 Å². The van der Waals surface area contributed by atoms with Gasteiger partial charge in [0.15, 0.2) is 11.5 Å². The molecule has 0 radical (unpaired) electrons. The number of hydrogen-bond acceptors (Lipinski definition) is 11. The normalized spacial score (nSPS) is 14.8. The Labute approximate surface area is 243 Å². The number of hydrogen-bond donors (Lipinski definition) is 1. The van der Waals surface area contributed by atoms with Gasteiger partial charge in [-0.3, -0.25) is 9.59 Å². The summed E-state index contributed by atoms with van der Waals surface area (Å²) >= 11 is 0. The van der Waals surface area contributed by atoms with E-state index < -0.39 is 42.6 Å². The van der Waals surface area contributed by atoms with Crippen LogP contribution in [0.15, 0.2) is 18.2 Å². The second-order valence-corrected chi connectivity index (χ2v) is 11.1. The lowest BCUT2D eigenvalue weighted by atomic mass is 10.1. The quantitative estimate of drug-likeness (QED) is 0.157. The van der Waals surface area contributed by atoms with Gasteiger partial charge in [0, 0.05) is 6.42 Å². The first-order valence-corrected chi connectivity index (χ1v) is 14.1. The first-order valence-electron chi connectivity index (χ1n) is 14.1. The van der Waals surface area contributed by atoms with E-state index >= 15 is 0 Å². The van der Waals surface area contributed by atoms with E-state index in [0.29, 0.717) is 12.0 Å². The van der Waals surface area contributed by atoms with Gasteiger partial charge in [-0.2, -0.15) is 0 Å². The minimum Gasteiger partial charge on any atom is -0.462 e. The van der Waals surface area contributed by atoms with E-state index in [9.17, 15) is 19.2 Å². The Hall–Kier alpha value is -3.34. The van der Waals surface area contributed by atoms with Crippen molar-refractivity contribution >= 4 is 24.2 Å². The van der Waals surface area contributed by atoms with Gasteiger partial charge in [-0.15, -0.1) is 0 Å². The highest BCUT2D eigenvalue weighted by molar-refractivity contribution is 5.76. The van der Waals surface area contributed by atoms with Gasteiger partial charge >= 0.3 is 24.2 Å². The van der Waals surface area contributed by atoms with Crippen molar-refractivity contribution < 1.29 is 47.6 Å². The second-order valence-electron chi connectivity index (χ2n) is 11.1. The Morgan fingerprint density at radius 3 is 1.83 bits per heavy atom. The Balaban J connectivity index is 2.93. The fourth-order valence-corrected chi connectivity index (χ4v) is 3.00. The van der Waals surface area contributed by atoms with Gasteiger partial charge in [0.1, 0.15) is 31.0 Å². The maximum absolute atomic E-state index is 12.6. The van der Waals surface area contributed by atoms with Crippen LogP contribution < -0.4 is 15.2 Å². The molecular formula is C30H47NO10. The maximum Gasteiger partial charge on any atom is 0.514 e. The lowest BCUT2D eigenvalue weighted by Gasteiger charge is -2.19. The molecule has 0 spiro atoms. The van der Waals surface area contributed by atoms with Crippen molar-refractivity contribution in [2.24, 2.45) is 23.5 Å². The van der Waals surface area contributed by atoms with Gasteiger partial charge in [-0.05, 0) is 62.6 Å². The molecule has 0 aliphatic rings. The summed E-state index contributed by atoms with van der Waals surface area (Å²) in [6.07, 6.45) is -2.31. The fourth-order valence-electron chi connectivity index (χ4n) is 3.00. The summed E-state index contributed by atoms with van der Waals surface area (Å²) in [6, 6.07) is 3.32. The summed E-state index contributed by atoms with van der Waals surface area (Å²) in [4.78, 5) is 49.2. The van der Waals surface area contributed by atoms with Gasteiger partial charge in [-0.25, -0.2) is 9.59 Å². The fraction of sp³-hybridized carbons (Fsp3) is 0.667. The van der Waals surface area contributed by atoms with Gasteiger partial charge in [0.2, 0.25) is 0 Å². The van der Waals surface area contributed by atoms with Crippen molar-refractivity contribution in [1.29, 1.82) is 0 Å². The molecule has 0 aliphatic carbocycles. The smallest absolute Gasteiger partial charge is 0.462 e. The Bertz CT molecular complexity index is 1010. The van der Waals surface area contributed by atoms with Crippen LogP contribution in [0.5, 0.6) is 11.5 Å². The van der Waals surface area contributed by atoms with Gasteiger partial charge in [-0.1, -0.05) is 54.0 Å². The third kappa shape index (κ3) is 13.7. The summed E-state index contributed by atoms with van der Waals surface area (Å²) in [5.74, 6) is -0.928. The van der Waals surface area contributed by atoms with Gasteiger partial charge in [0.25, 0.3) is 0 Å². The van der Waals surface area contributed by atoms with E-state index in [1.54, 1.807) is 26.8 Å². The Kier molecular flexibility index (Phi) is 15.2. The molecule has 232 valence electrons. The Morgan fingerprint density at radius 1 is 0.780 bits per heavy atom. The average Bonchev–Trinajstić information content (AvgIpc) is 2.88. The predicted octanol–water partition coefficient (Wildman–Crippen LogP) is 5.59. The minimum atomic E-state index is -1.07. The van der Waals surface area contributed by atoms with E-state index in [1.165, 1.54) is 12.1 Å². The molecule has 1 rings (SSSR count). The van der Waals surface area contributed by atoms with Crippen LogP contribution >= 0.6 is 0 Å². The largest absolute Gasteiger partial charge is 0.514 e. The first-order chi connectivity index (χ1) is 19.1. The molecule has 0 aliphatic heterocycles. The zero-order valence-corrected chi connectivity index (χ0v) is 25.8. The number of benzene rings is 1. The number of carbonyl (C=O) groups is 4. The SMILES string of the molecule is CCC(C)CC(=O)OC[C@H](C)OC(=O)[C@@H](N)Cc1ccc(OC(=O)OC(C)C(C)C)c(OC(=O)OC(C)C(C)C)c1. The van der Waals surface area contributed by atoms with Crippen molar-refractivity contribution in [2.75, 3.05) is 6.61 Å². The molecule has 0 amide bonds. The molecule has 1 aromatic carbocycles. The third-order valence-corrected chi connectivity index (χ3v) is 6.60. The number of nitrogens with two attached hydrogens (primary N) is 1. The van der Waals surface area contributed by atoms with E-state index in [-0.39, 0.29) is 48.2 Å². The number of carbonyl (C=O) groups excluding carboxylic acids is 4. The molecule has 0 saturated heterocycles. The van der Waals surface area contributed by atoms with Crippen LogP contribution in [0.25, 0.3) is 0 Å². The van der Waals surface area contributed by atoms with Crippen LogP contribution in [0.1, 0.15) is 80.7 Å². The summed E-state index contributed by atoms with van der Waals surface area (Å²) in [5.41, 5.74) is 6.57. The van der Waals surface area contributed by atoms with Gasteiger partial charge in [0.05, 0.1) is 0 Å². The highest BCUT2D eigenvalue weighted by Crippen LogP contribution is 2.30. The highest BCUT2D eigenvalue weighted by atomic mass is 16.8. The van der Waals surface area contributed by atoms with Crippen LogP contribution in [0.2, 0.25) is 0 Å². The van der Waals surface area contributed by atoms with Crippen molar-refractivity contribution in [1.82, 2.24) is 0 Å². The summed E-state index contributed by atoms with van der Waals surface area (Å²) < 4.78 is 31.7. The molecule has 0 aromatic heterocycles. The molecule has 1 aromatic rings. The lowest BCUT2D eigenvalue weighted by molar-refractivity contribution is -0.159. The van der Waals surface area contributed by atoms with Gasteiger partial charge < -0.3 is 34.2 Å². The topological polar surface area (TPSA) is 150 Å². The average molecular weight is 582 g/mol. The van der Waals surface area contributed by atoms with Crippen molar-refractivity contribution in [2.45, 2.75) is 106 Å². The van der Waals surface area contributed by atoms with Crippen molar-refractivity contribution in [3.63, 3.8) is 0 Å². The molecule has 3 unspecified atom stereocenters.